The molecule has 0 unspecified atom stereocenters. The van der Waals surface area contributed by atoms with Gasteiger partial charge in [-0.1, -0.05) is 17.7 Å². The molecule has 1 N–H and O–H groups in total. The molecule has 3 aromatic rings. The summed E-state index contributed by atoms with van der Waals surface area (Å²) in [5, 5.41) is 3.25. The molecule has 8 heteroatoms. The molecule has 0 aromatic carbocycles. The predicted molar refractivity (Wildman–Crippen MR) is 109 cm³/mol. The van der Waals surface area contributed by atoms with E-state index in [1.165, 1.54) is 6.08 Å². The van der Waals surface area contributed by atoms with Gasteiger partial charge < -0.3 is 14.6 Å². The van der Waals surface area contributed by atoms with Crippen LogP contribution in [0.5, 0.6) is 0 Å². The highest BCUT2D eigenvalue weighted by Crippen LogP contribution is 2.21. The Labute approximate surface area is 173 Å². The first-order valence-electron chi connectivity index (χ1n) is 9.51. The lowest BCUT2D eigenvalue weighted by Crippen LogP contribution is -2.42. The molecule has 2 amide bonds. The van der Waals surface area contributed by atoms with Crippen LogP contribution in [0.1, 0.15) is 24.3 Å². The number of carbonyl (C=O) groups excluding carboxylic acids is 2. The van der Waals surface area contributed by atoms with E-state index in [2.05, 4.69) is 10.3 Å². The van der Waals surface area contributed by atoms with Crippen LogP contribution in [0.3, 0.4) is 0 Å². The van der Waals surface area contributed by atoms with Gasteiger partial charge in [-0.25, -0.2) is 4.98 Å². The van der Waals surface area contributed by atoms with Crippen molar-refractivity contribution in [2.75, 3.05) is 13.1 Å². The molecular formula is C21H21ClN4O3. The summed E-state index contributed by atoms with van der Waals surface area (Å²) in [6.07, 6.45) is 7.91. The summed E-state index contributed by atoms with van der Waals surface area (Å²) < 4.78 is 7.06. The largest absolute Gasteiger partial charge is 0.467 e. The van der Waals surface area contributed by atoms with Gasteiger partial charge in [-0.15, -0.1) is 0 Å². The molecular weight excluding hydrogens is 392 g/mol. The van der Waals surface area contributed by atoms with E-state index >= 15 is 0 Å². The Bertz CT molecular complexity index is 1030. The number of carbonyl (C=O) groups is 2. The number of fused-ring (bicyclic) bond motifs is 1. The molecule has 7 nitrogen and oxygen atoms in total. The quantitative estimate of drug-likeness (QED) is 0.653. The number of likely N-dealkylation sites (tertiary alicyclic amines) is 1. The van der Waals surface area contributed by atoms with Gasteiger partial charge in [0.05, 0.1) is 18.5 Å². The lowest BCUT2D eigenvalue weighted by molar-refractivity contribution is -0.132. The number of nitrogens with one attached hydrogen (secondary N) is 1. The fourth-order valence-electron chi connectivity index (χ4n) is 3.48. The molecule has 4 heterocycles. The van der Waals surface area contributed by atoms with Crippen molar-refractivity contribution < 1.29 is 14.0 Å². The predicted octanol–water partition coefficient (Wildman–Crippen LogP) is 3.15. The number of amides is 2. The van der Waals surface area contributed by atoms with E-state index in [-0.39, 0.29) is 17.7 Å². The number of imidazole rings is 1. The highest BCUT2D eigenvalue weighted by atomic mass is 35.5. The van der Waals surface area contributed by atoms with Crippen LogP contribution in [-0.2, 0) is 16.1 Å². The average molecular weight is 413 g/mol. The van der Waals surface area contributed by atoms with Gasteiger partial charge in [0.15, 0.2) is 5.15 Å². The van der Waals surface area contributed by atoms with E-state index in [0.717, 1.165) is 11.4 Å². The van der Waals surface area contributed by atoms with Crippen LogP contribution in [0.25, 0.3) is 11.7 Å². The number of nitrogens with zero attached hydrogens (tertiary/aromatic N) is 3. The SMILES string of the molecule is O=C(NCc1ccco1)C1CCN(C(=O)/C=C/c2c(Cl)nc3ccccn23)CC1. The van der Waals surface area contributed by atoms with Crippen LogP contribution in [0.15, 0.2) is 53.3 Å². The second-order valence-corrected chi connectivity index (χ2v) is 7.30. The summed E-state index contributed by atoms with van der Waals surface area (Å²) in [5.41, 5.74) is 1.40. The number of pyridine rings is 1. The van der Waals surface area contributed by atoms with Gasteiger partial charge in [0.25, 0.3) is 0 Å². The molecule has 1 aliphatic heterocycles. The van der Waals surface area contributed by atoms with Gasteiger partial charge in [0.1, 0.15) is 11.4 Å². The van der Waals surface area contributed by atoms with Crippen LogP contribution >= 0.6 is 11.6 Å². The molecule has 0 radical (unpaired) electrons. The normalized spacial score (nSPS) is 15.3. The van der Waals surface area contributed by atoms with E-state index in [1.54, 1.807) is 23.3 Å². The third-order valence-electron chi connectivity index (χ3n) is 5.10. The van der Waals surface area contributed by atoms with Crippen molar-refractivity contribution in [3.8, 4) is 0 Å². The first-order chi connectivity index (χ1) is 14.1. The van der Waals surface area contributed by atoms with Crippen molar-refractivity contribution in [3.63, 3.8) is 0 Å². The fraction of sp³-hybridized carbons (Fsp3) is 0.286. The summed E-state index contributed by atoms with van der Waals surface area (Å²) in [7, 11) is 0. The number of halogens is 1. The zero-order chi connectivity index (χ0) is 20.2. The Kier molecular flexibility index (Phi) is 5.67. The molecule has 150 valence electrons. The van der Waals surface area contributed by atoms with Crippen LogP contribution in [0.4, 0.5) is 0 Å². The van der Waals surface area contributed by atoms with E-state index in [1.807, 2.05) is 34.9 Å². The number of rotatable bonds is 5. The highest BCUT2D eigenvalue weighted by molar-refractivity contribution is 6.31. The second kappa shape index (κ2) is 8.53. The lowest BCUT2D eigenvalue weighted by Gasteiger charge is -2.30. The number of hydrogen-bond donors (Lipinski definition) is 1. The summed E-state index contributed by atoms with van der Waals surface area (Å²) in [5.74, 6) is 0.538. The van der Waals surface area contributed by atoms with Crippen molar-refractivity contribution in [2.24, 2.45) is 5.92 Å². The molecule has 1 aliphatic rings. The Hall–Kier alpha value is -3.06. The van der Waals surface area contributed by atoms with Gasteiger partial charge in [-0.3, -0.25) is 14.0 Å². The first-order valence-corrected chi connectivity index (χ1v) is 9.89. The summed E-state index contributed by atoms with van der Waals surface area (Å²) >= 11 is 6.20. The average Bonchev–Trinajstić information content (AvgIpc) is 3.37. The van der Waals surface area contributed by atoms with Gasteiger partial charge in [-0.2, -0.15) is 0 Å². The second-order valence-electron chi connectivity index (χ2n) is 6.95. The molecule has 0 aliphatic carbocycles. The summed E-state index contributed by atoms with van der Waals surface area (Å²) in [6, 6.07) is 9.23. The zero-order valence-electron chi connectivity index (χ0n) is 15.8. The highest BCUT2D eigenvalue weighted by Gasteiger charge is 2.26. The Morgan fingerprint density at radius 3 is 2.83 bits per heavy atom. The molecule has 1 fully saturated rings. The fourth-order valence-corrected chi connectivity index (χ4v) is 3.73. The molecule has 0 saturated carbocycles. The zero-order valence-corrected chi connectivity index (χ0v) is 16.5. The van der Waals surface area contributed by atoms with Crippen molar-refractivity contribution in [1.82, 2.24) is 19.6 Å². The maximum atomic E-state index is 12.6. The molecule has 4 rings (SSSR count). The molecule has 0 spiro atoms. The van der Waals surface area contributed by atoms with Crippen LogP contribution in [0.2, 0.25) is 5.15 Å². The standard InChI is InChI=1S/C21H21ClN4O3/c22-20-17(26-10-2-1-5-18(26)24-20)6-7-19(27)25-11-8-15(9-12-25)21(28)23-14-16-4-3-13-29-16/h1-7,10,13,15H,8-9,11-12,14H2,(H,23,28)/b7-6+. The number of furan rings is 1. The third-order valence-corrected chi connectivity index (χ3v) is 5.38. The topological polar surface area (TPSA) is 79.8 Å². The van der Waals surface area contributed by atoms with Crippen molar-refractivity contribution >= 4 is 35.1 Å². The Morgan fingerprint density at radius 2 is 2.07 bits per heavy atom. The Morgan fingerprint density at radius 1 is 1.24 bits per heavy atom. The summed E-state index contributed by atoms with van der Waals surface area (Å²) in [4.78, 5) is 30.9. The smallest absolute Gasteiger partial charge is 0.246 e. The third kappa shape index (κ3) is 4.35. The molecule has 0 atom stereocenters. The van der Waals surface area contributed by atoms with Crippen LogP contribution < -0.4 is 5.32 Å². The molecule has 29 heavy (non-hydrogen) atoms. The van der Waals surface area contributed by atoms with E-state index in [0.29, 0.717) is 43.3 Å². The number of hydrogen-bond acceptors (Lipinski definition) is 4. The van der Waals surface area contributed by atoms with Crippen molar-refractivity contribution in [2.45, 2.75) is 19.4 Å². The van der Waals surface area contributed by atoms with Gasteiger partial charge in [0, 0.05) is 31.3 Å². The minimum absolute atomic E-state index is 0.00144. The Balaban J connectivity index is 1.31. The minimum atomic E-state index is -0.0959. The van der Waals surface area contributed by atoms with E-state index in [4.69, 9.17) is 16.0 Å². The molecule has 3 aromatic heterocycles. The first kappa shape index (κ1) is 19.3. The number of piperidine rings is 1. The monoisotopic (exact) mass is 412 g/mol. The lowest BCUT2D eigenvalue weighted by atomic mass is 9.96. The van der Waals surface area contributed by atoms with E-state index in [9.17, 15) is 9.59 Å². The van der Waals surface area contributed by atoms with Crippen molar-refractivity contribution in [1.29, 1.82) is 0 Å². The number of aromatic nitrogens is 2. The van der Waals surface area contributed by atoms with Gasteiger partial charge in [0.2, 0.25) is 11.8 Å². The molecule has 0 bridgehead atoms. The van der Waals surface area contributed by atoms with Gasteiger partial charge >= 0.3 is 0 Å². The van der Waals surface area contributed by atoms with Gasteiger partial charge in [-0.05, 0) is 43.2 Å². The van der Waals surface area contributed by atoms with E-state index < -0.39 is 0 Å². The minimum Gasteiger partial charge on any atom is -0.467 e. The maximum Gasteiger partial charge on any atom is 0.246 e. The summed E-state index contributed by atoms with van der Waals surface area (Å²) in [6.45, 7) is 1.47. The van der Waals surface area contributed by atoms with Crippen LogP contribution in [-0.4, -0.2) is 39.2 Å². The van der Waals surface area contributed by atoms with Crippen LogP contribution in [0, 0.1) is 5.92 Å². The maximum absolute atomic E-state index is 12.6. The molecule has 1 saturated heterocycles. The van der Waals surface area contributed by atoms with Crippen molar-refractivity contribution in [3.05, 3.63) is 65.5 Å².